The van der Waals surface area contributed by atoms with E-state index in [-0.39, 0.29) is 0 Å². The second-order valence-corrected chi connectivity index (χ2v) is 5.35. The third-order valence-corrected chi connectivity index (χ3v) is 4.09. The van der Waals surface area contributed by atoms with Gasteiger partial charge in [-0.1, -0.05) is 20.8 Å². The van der Waals surface area contributed by atoms with Gasteiger partial charge in [0.25, 0.3) is 0 Å². The molecule has 0 amide bonds. The van der Waals surface area contributed by atoms with E-state index < -0.39 is 0 Å². The Kier molecular flexibility index (Phi) is 5.77. The molecule has 1 spiro atoms. The molecule has 0 N–H and O–H groups in total. The summed E-state index contributed by atoms with van der Waals surface area (Å²) in [7, 11) is 1.79. The third kappa shape index (κ3) is 3.46. The maximum absolute atomic E-state index is 5.11. The normalized spacial score (nSPS) is 24.8. The van der Waals surface area contributed by atoms with Crippen molar-refractivity contribution in [2.24, 2.45) is 11.3 Å². The van der Waals surface area contributed by atoms with Crippen molar-refractivity contribution in [3.05, 3.63) is 0 Å². The lowest BCUT2D eigenvalue weighted by atomic mass is 9.58. The van der Waals surface area contributed by atoms with Crippen molar-refractivity contribution >= 4 is 0 Å². The Morgan fingerprint density at radius 1 is 1.19 bits per heavy atom. The summed E-state index contributed by atoms with van der Waals surface area (Å²) in [5, 5.41) is 0. The molecule has 0 aromatic carbocycles. The summed E-state index contributed by atoms with van der Waals surface area (Å²) < 4.78 is 5.11. The molecule has 96 valence electrons. The van der Waals surface area contributed by atoms with Crippen molar-refractivity contribution in [3.8, 4) is 0 Å². The van der Waals surface area contributed by atoms with Gasteiger partial charge in [0.2, 0.25) is 0 Å². The third-order valence-electron chi connectivity index (χ3n) is 4.09. The standard InChI is InChI=1S/C12H23NO.C2H6/c1-11-9-12(10-11)3-5-13(6-4-12)7-8-14-2;1-2/h11H,3-10H2,1-2H3;1-2H3. The van der Waals surface area contributed by atoms with Crippen LogP contribution in [-0.4, -0.2) is 38.3 Å². The number of piperidine rings is 1. The fraction of sp³-hybridized carbons (Fsp3) is 1.00. The number of rotatable bonds is 3. The molecular weight excluding hydrogens is 198 g/mol. The van der Waals surface area contributed by atoms with E-state index in [1.165, 1.54) is 38.8 Å². The molecule has 0 atom stereocenters. The first-order chi connectivity index (χ1) is 7.74. The molecule has 2 heteroatoms. The van der Waals surface area contributed by atoms with Crippen molar-refractivity contribution < 1.29 is 4.74 Å². The van der Waals surface area contributed by atoms with Crippen molar-refractivity contribution in [1.29, 1.82) is 0 Å². The molecule has 0 bridgehead atoms. The predicted molar refractivity (Wildman–Crippen MR) is 69.7 cm³/mol. The van der Waals surface area contributed by atoms with Crippen LogP contribution >= 0.6 is 0 Å². The Morgan fingerprint density at radius 3 is 2.19 bits per heavy atom. The van der Waals surface area contributed by atoms with Gasteiger partial charge in [0.1, 0.15) is 0 Å². The monoisotopic (exact) mass is 227 g/mol. The fourth-order valence-electron chi connectivity index (χ4n) is 3.30. The van der Waals surface area contributed by atoms with Gasteiger partial charge >= 0.3 is 0 Å². The second-order valence-electron chi connectivity index (χ2n) is 5.35. The Morgan fingerprint density at radius 2 is 1.75 bits per heavy atom. The Bertz CT molecular complexity index is 177. The minimum absolute atomic E-state index is 0.767. The van der Waals surface area contributed by atoms with E-state index in [4.69, 9.17) is 4.74 Å². The van der Waals surface area contributed by atoms with Gasteiger partial charge in [-0.3, -0.25) is 0 Å². The molecule has 2 fully saturated rings. The van der Waals surface area contributed by atoms with Gasteiger partial charge in [-0.2, -0.15) is 0 Å². The summed E-state index contributed by atoms with van der Waals surface area (Å²) in [6.45, 7) is 11.0. The topological polar surface area (TPSA) is 12.5 Å². The number of hydrogen-bond acceptors (Lipinski definition) is 2. The molecule has 1 saturated heterocycles. The lowest BCUT2D eigenvalue weighted by molar-refractivity contribution is -0.0109. The zero-order chi connectivity index (χ0) is 12.0. The first-order valence-corrected chi connectivity index (χ1v) is 6.95. The summed E-state index contributed by atoms with van der Waals surface area (Å²) in [6, 6.07) is 0. The lowest BCUT2D eigenvalue weighted by Gasteiger charge is -2.51. The molecule has 0 radical (unpaired) electrons. The quantitative estimate of drug-likeness (QED) is 0.734. The Balaban J connectivity index is 0.000000606. The van der Waals surface area contributed by atoms with E-state index >= 15 is 0 Å². The zero-order valence-corrected chi connectivity index (χ0v) is 11.6. The van der Waals surface area contributed by atoms with E-state index in [1.807, 2.05) is 13.8 Å². The first-order valence-electron chi connectivity index (χ1n) is 6.95. The summed E-state index contributed by atoms with van der Waals surface area (Å²) >= 11 is 0. The molecule has 0 aromatic heterocycles. The SMILES string of the molecule is CC.COCCN1CCC2(CC1)CC(C)C2. The summed E-state index contributed by atoms with van der Waals surface area (Å²) in [6.07, 6.45) is 5.85. The van der Waals surface area contributed by atoms with Crippen LogP contribution in [0.25, 0.3) is 0 Å². The average Bonchev–Trinajstić information content (AvgIpc) is 2.29. The van der Waals surface area contributed by atoms with Gasteiger partial charge in [-0.15, -0.1) is 0 Å². The number of hydrogen-bond donors (Lipinski definition) is 0. The van der Waals surface area contributed by atoms with E-state index in [0.29, 0.717) is 0 Å². The van der Waals surface area contributed by atoms with E-state index in [1.54, 1.807) is 7.11 Å². The van der Waals surface area contributed by atoms with Gasteiger partial charge in [0.15, 0.2) is 0 Å². The van der Waals surface area contributed by atoms with E-state index in [2.05, 4.69) is 11.8 Å². The summed E-state index contributed by atoms with van der Waals surface area (Å²) in [5.74, 6) is 1.00. The molecule has 1 aliphatic carbocycles. The lowest BCUT2D eigenvalue weighted by Crippen LogP contribution is -2.47. The molecule has 0 unspecified atom stereocenters. The molecule has 1 saturated carbocycles. The van der Waals surface area contributed by atoms with Crippen LogP contribution < -0.4 is 0 Å². The van der Waals surface area contributed by atoms with Crippen molar-refractivity contribution in [1.82, 2.24) is 4.90 Å². The molecule has 2 aliphatic rings. The van der Waals surface area contributed by atoms with Gasteiger partial charge < -0.3 is 9.64 Å². The van der Waals surface area contributed by atoms with Gasteiger partial charge in [0, 0.05) is 13.7 Å². The highest BCUT2D eigenvalue weighted by atomic mass is 16.5. The second kappa shape index (κ2) is 6.61. The van der Waals surface area contributed by atoms with Crippen LogP contribution in [-0.2, 0) is 4.74 Å². The molecule has 1 aliphatic heterocycles. The first kappa shape index (κ1) is 14.0. The Hall–Kier alpha value is -0.0800. The van der Waals surface area contributed by atoms with Crippen LogP contribution in [0.3, 0.4) is 0 Å². The molecule has 1 heterocycles. The van der Waals surface area contributed by atoms with Gasteiger partial charge in [-0.25, -0.2) is 0 Å². The summed E-state index contributed by atoms with van der Waals surface area (Å²) in [5.41, 5.74) is 0.767. The van der Waals surface area contributed by atoms with E-state index in [0.717, 1.165) is 24.5 Å². The molecule has 0 aromatic rings. The summed E-state index contributed by atoms with van der Waals surface area (Å²) in [4.78, 5) is 2.55. The maximum Gasteiger partial charge on any atom is 0.0589 e. The highest BCUT2D eigenvalue weighted by molar-refractivity contribution is 4.95. The number of nitrogens with zero attached hydrogens (tertiary/aromatic N) is 1. The van der Waals surface area contributed by atoms with Gasteiger partial charge in [-0.05, 0) is 50.1 Å². The minimum atomic E-state index is 0.767. The number of methoxy groups -OCH3 is 1. The number of likely N-dealkylation sites (tertiary alicyclic amines) is 1. The predicted octanol–water partition coefficient (Wildman–Crippen LogP) is 3.17. The van der Waals surface area contributed by atoms with Crippen LogP contribution in [0.15, 0.2) is 0 Å². The maximum atomic E-state index is 5.11. The minimum Gasteiger partial charge on any atom is -0.383 e. The molecule has 2 nitrogen and oxygen atoms in total. The van der Waals surface area contributed by atoms with Crippen LogP contribution in [0.1, 0.15) is 46.5 Å². The van der Waals surface area contributed by atoms with Crippen LogP contribution in [0, 0.1) is 11.3 Å². The largest absolute Gasteiger partial charge is 0.383 e. The van der Waals surface area contributed by atoms with Crippen LogP contribution in [0.2, 0.25) is 0 Å². The Labute approximate surface area is 101 Å². The van der Waals surface area contributed by atoms with Gasteiger partial charge in [0.05, 0.1) is 6.61 Å². The molecular formula is C14H29NO. The van der Waals surface area contributed by atoms with Crippen molar-refractivity contribution in [2.75, 3.05) is 33.4 Å². The highest BCUT2D eigenvalue weighted by Crippen LogP contribution is 2.52. The van der Waals surface area contributed by atoms with E-state index in [9.17, 15) is 0 Å². The zero-order valence-electron chi connectivity index (χ0n) is 11.6. The fourth-order valence-corrected chi connectivity index (χ4v) is 3.30. The van der Waals surface area contributed by atoms with Crippen LogP contribution in [0.5, 0.6) is 0 Å². The number of ether oxygens (including phenoxy) is 1. The average molecular weight is 227 g/mol. The molecule has 16 heavy (non-hydrogen) atoms. The highest BCUT2D eigenvalue weighted by Gasteiger charge is 2.43. The van der Waals surface area contributed by atoms with Crippen LogP contribution in [0.4, 0.5) is 0 Å². The van der Waals surface area contributed by atoms with Crippen molar-refractivity contribution in [3.63, 3.8) is 0 Å². The smallest absolute Gasteiger partial charge is 0.0589 e. The molecule has 2 rings (SSSR count). The van der Waals surface area contributed by atoms with Crippen molar-refractivity contribution in [2.45, 2.75) is 46.5 Å².